The van der Waals surface area contributed by atoms with E-state index in [9.17, 15) is 18.8 Å². The van der Waals surface area contributed by atoms with Crippen LogP contribution in [-0.2, 0) is 16.9 Å². The Hall–Kier alpha value is -4.63. The molecule has 5 aromatic rings. The second-order valence-electron chi connectivity index (χ2n) is 10.2. The van der Waals surface area contributed by atoms with Gasteiger partial charge in [-0.1, -0.05) is 48.0 Å². The number of aryl methyl sites for hydroxylation is 3. The average molecular weight is 552 g/mol. The second-order valence-corrected chi connectivity index (χ2v) is 11.3. The summed E-state index contributed by atoms with van der Waals surface area (Å²) in [5.74, 6) is -1.99. The molecule has 0 radical (unpaired) electrons. The fourth-order valence-electron chi connectivity index (χ4n) is 5.72. The third kappa shape index (κ3) is 3.15. The third-order valence-corrected chi connectivity index (χ3v) is 8.81. The number of thiazole rings is 1. The van der Waals surface area contributed by atoms with E-state index in [0.29, 0.717) is 16.9 Å². The smallest absolute Gasteiger partial charge is 0.297 e. The van der Waals surface area contributed by atoms with Crippen LogP contribution in [0.4, 0.5) is 15.2 Å². The molecular weight excluding hydrogens is 529 g/mol. The van der Waals surface area contributed by atoms with E-state index in [1.54, 1.807) is 23.1 Å². The summed E-state index contributed by atoms with van der Waals surface area (Å²) in [5, 5.41) is 0.239. The third-order valence-electron chi connectivity index (χ3n) is 7.76. The Morgan fingerprint density at radius 1 is 0.975 bits per heavy atom. The highest BCUT2D eigenvalue weighted by Gasteiger charge is 2.66. The predicted octanol–water partition coefficient (Wildman–Crippen LogP) is 5.76. The van der Waals surface area contributed by atoms with Gasteiger partial charge in [0.15, 0.2) is 16.1 Å². The number of para-hydroxylation sites is 1. The van der Waals surface area contributed by atoms with E-state index in [0.717, 1.165) is 28.1 Å². The van der Waals surface area contributed by atoms with Crippen molar-refractivity contribution in [2.45, 2.75) is 32.9 Å². The quantitative estimate of drug-likeness (QED) is 0.285. The van der Waals surface area contributed by atoms with Crippen molar-refractivity contribution in [2.24, 2.45) is 0 Å². The van der Waals surface area contributed by atoms with Crippen LogP contribution in [0.2, 0.25) is 0 Å². The SMILES string of the molecule is Cc1ccc(CN2C(=O)C3(c4ccccc42)c2c(oc4ccc(F)cc4c2=O)C(=O)N3c2nc(C)c(C)s2)cc1. The zero-order valence-electron chi connectivity index (χ0n) is 21.8. The number of fused-ring (bicyclic) bond motifs is 5. The molecular formula is C31H22FN3O4S. The van der Waals surface area contributed by atoms with Crippen molar-refractivity contribution in [3.8, 4) is 0 Å². The van der Waals surface area contributed by atoms with Gasteiger partial charge >= 0.3 is 0 Å². The van der Waals surface area contributed by atoms with Crippen LogP contribution in [0.1, 0.15) is 43.4 Å². The lowest BCUT2D eigenvalue weighted by atomic mass is 9.84. The number of benzene rings is 3. The molecule has 0 saturated heterocycles. The van der Waals surface area contributed by atoms with Gasteiger partial charge in [-0.15, -0.1) is 11.3 Å². The van der Waals surface area contributed by atoms with E-state index in [4.69, 9.17) is 4.42 Å². The number of anilines is 2. The fraction of sp³-hybridized carbons (Fsp3) is 0.161. The Kier molecular flexibility index (Phi) is 5.15. The highest BCUT2D eigenvalue weighted by Crippen LogP contribution is 2.54. The summed E-state index contributed by atoms with van der Waals surface area (Å²) in [6, 6.07) is 18.5. The summed E-state index contributed by atoms with van der Waals surface area (Å²) in [6.45, 7) is 5.91. The van der Waals surface area contributed by atoms with E-state index in [2.05, 4.69) is 4.98 Å². The first-order chi connectivity index (χ1) is 19.2. The highest BCUT2D eigenvalue weighted by atomic mass is 32.1. The maximum Gasteiger partial charge on any atom is 0.297 e. The Balaban J connectivity index is 1.56. The van der Waals surface area contributed by atoms with Gasteiger partial charge in [0.2, 0.25) is 5.76 Å². The highest BCUT2D eigenvalue weighted by molar-refractivity contribution is 7.16. The first kappa shape index (κ1) is 24.4. The predicted molar refractivity (Wildman–Crippen MR) is 150 cm³/mol. The van der Waals surface area contributed by atoms with E-state index in [-0.39, 0.29) is 34.0 Å². The van der Waals surface area contributed by atoms with Crippen molar-refractivity contribution in [3.63, 3.8) is 0 Å². The van der Waals surface area contributed by atoms with Gasteiger partial charge in [0.1, 0.15) is 11.4 Å². The molecule has 0 N–H and O–H groups in total. The molecule has 3 aromatic carbocycles. The average Bonchev–Trinajstić information content (AvgIpc) is 3.49. The van der Waals surface area contributed by atoms with Gasteiger partial charge in [-0.05, 0) is 50.6 Å². The zero-order chi connectivity index (χ0) is 27.9. The number of carbonyl (C=O) groups is 2. The van der Waals surface area contributed by atoms with Gasteiger partial charge in [-0.2, -0.15) is 0 Å². The largest absolute Gasteiger partial charge is 0.450 e. The van der Waals surface area contributed by atoms with Gasteiger partial charge in [-0.25, -0.2) is 9.37 Å². The van der Waals surface area contributed by atoms with Crippen molar-refractivity contribution in [3.05, 3.63) is 121 Å². The Labute approximate surface area is 232 Å². The van der Waals surface area contributed by atoms with Crippen molar-refractivity contribution < 1.29 is 18.4 Å². The van der Waals surface area contributed by atoms with Crippen LogP contribution in [0.3, 0.4) is 0 Å². The molecule has 2 amide bonds. The van der Waals surface area contributed by atoms with Gasteiger partial charge in [-0.3, -0.25) is 19.3 Å². The lowest BCUT2D eigenvalue weighted by Gasteiger charge is -2.32. The van der Waals surface area contributed by atoms with Gasteiger partial charge in [0.25, 0.3) is 11.8 Å². The maximum atomic E-state index is 14.9. The molecule has 1 atom stereocenters. The van der Waals surface area contributed by atoms with Gasteiger partial charge in [0.05, 0.1) is 28.9 Å². The number of halogens is 1. The lowest BCUT2D eigenvalue weighted by molar-refractivity contribution is -0.121. The zero-order valence-corrected chi connectivity index (χ0v) is 22.6. The summed E-state index contributed by atoms with van der Waals surface area (Å²) >= 11 is 1.26. The summed E-state index contributed by atoms with van der Waals surface area (Å²) in [6.07, 6.45) is 0. The molecule has 1 spiro atoms. The first-order valence-corrected chi connectivity index (χ1v) is 13.6. The number of hydrogen-bond donors (Lipinski definition) is 0. The minimum atomic E-state index is -1.87. The lowest BCUT2D eigenvalue weighted by Crippen LogP contribution is -2.53. The van der Waals surface area contributed by atoms with Crippen LogP contribution in [0.5, 0.6) is 0 Å². The van der Waals surface area contributed by atoms with Crippen molar-refractivity contribution in [1.29, 1.82) is 0 Å². The van der Waals surface area contributed by atoms with Crippen LogP contribution in [-0.4, -0.2) is 16.8 Å². The number of carbonyl (C=O) groups excluding carboxylic acids is 2. The summed E-state index contributed by atoms with van der Waals surface area (Å²) in [4.78, 5) is 51.7. The molecule has 2 aliphatic rings. The van der Waals surface area contributed by atoms with E-state index in [1.165, 1.54) is 22.3 Å². The number of amides is 2. The molecule has 0 fully saturated rings. The molecule has 2 aliphatic heterocycles. The minimum Gasteiger partial charge on any atom is -0.450 e. The Morgan fingerprint density at radius 2 is 1.73 bits per heavy atom. The molecule has 0 bridgehead atoms. The maximum absolute atomic E-state index is 14.9. The van der Waals surface area contributed by atoms with Crippen LogP contribution in [0, 0.1) is 26.6 Å². The number of rotatable bonds is 3. The van der Waals surface area contributed by atoms with Crippen LogP contribution in [0.25, 0.3) is 11.0 Å². The van der Waals surface area contributed by atoms with Crippen molar-refractivity contribution >= 4 is 44.9 Å². The molecule has 4 heterocycles. The number of nitrogens with zero attached hydrogens (tertiary/aromatic N) is 3. The summed E-state index contributed by atoms with van der Waals surface area (Å²) < 4.78 is 20.3. The number of aromatic nitrogens is 1. The molecule has 0 aliphatic carbocycles. The van der Waals surface area contributed by atoms with Crippen LogP contribution in [0.15, 0.2) is 75.9 Å². The van der Waals surface area contributed by atoms with Crippen molar-refractivity contribution in [1.82, 2.24) is 4.98 Å². The topological polar surface area (TPSA) is 83.7 Å². The number of hydrogen-bond acceptors (Lipinski definition) is 6. The van der Waals surface area contributed by atoms with E-state index < -0.39 is 28.6 Å². The van der Waals surface area contributed by atoms with E-state index >= 15 is 0 Å². The van der Waals surface area contributed by atoms with Gasteiger partial charge in [0, 0.05) is 10.4 Å². The van der Waals surface area contributed by atoms with E-state index in [1.807, 2.05) is 51.1 Å². The second kappa shape index (κ2) is 8.43. The molecule has 1 unspecified atom stereocenters. The van der Waals surface area contributed by atoms with Crippen LogP contribution < -0.4 is 15.2 Å². The fourth-order valence-corrected chi connectivity index (χ4v) is 6.68. The Bertz CT molecular complexity index is 1940. The van der Waals surface area contributed by atoms with Crippen molar-refractivity contribution in [2.75, 3.05) is 9.80 Å². The molecule has 7 nitrogen and oxygen atoms in total. The Morgan fingerprint density at radius 3 is 2.45 bits per heavy atom. The summed E-state index contributed by atoms with van der Waals surface area (Å²) in [5.41, 5.74) is 1.16. The molecule has 0 saturated carbocycles. The first-order valence-electron chi connectivity index (χ1n) is 12.7. The monoisotopic (exact) mass is 551 g/mol. The normalized spacial score (nSPS) is 17.8. The summed E-state index contributed by atoms with van der Waals surface area (Å²) in [7, 11) is 0. The molecule has 40 heavy (non-hydrogen) atoms. The molecule has 7 rings (SSSR count). The van der Waals surface area contributed by atoms with Gasteiger partial charge < -0.3 is 9.32 Å². The van der Waals surface area contributed by atoms with Crippen LogP contribution >= 0.6 is 11.3 Å². The standard InChI is InChI=1S/C31H22FN3O4S/c1-16-8-10-19(11-9-16)15-34-23-7-5-4-6-22(23)31(29(34)38)25-26(36)21-14-20(32)12-13-24(21)39-27(25)28(37)35(31)30-33-17(2)18(3)40-30/h4-14H,15H2,1-3H3. The molecule has 2 aromatic heterocycles. The minimum absolute atomic E-state index is 0.0402. The molecule has 198 valence electrons. The molecule has 9 heteroatoms.